The molecule has 5 heteroatoms. The fourth-order valence-corrected chi connectivity index (χ4v) is 2.47. The number of fused-ring (bicyclic) bond motifs is 1. The number of hydrogen-bond donors (Lipinski definition) is 1. The molecule has 0 aliphatic carbocycles. The van der Waals surface area contributed by atoms with Crippen molar-refractivity contribution in [3.63, 3.8) is 0 Å². The average molecular weight is 313 g/mol. The minimum atomic E-state index is -0.392. The number of hydrogen-bond acceptors (Lipinski definition) is 3. The smallest absolute Gasteiger partial charge is 0.287 e. The Labute approximate surface area is 132 Å². The van der Waals surface area contributed by atoms with Crippen LogP contribution in [0.2, 0.25) is 0 Å². The van der Waals surface area contributed by atoms with Crippen LogP contribution in [0.1, 0.15) is 21.7 Å². The molecule has 1 N–H and O–H groups in total. The highest BCUT2D eigenvalue weighted by Crippen LogP contribution is 2.26. The molecule has 0 saturated heterocycles. The van der Waals surface area contributed by atoms with Gasteiger partial charge in [0, 0.05) is 30.2 Å². The first kappa shape index (κ1) is 15.2. The maximum atomic E-state index is 13.6. The number of halogens is 1. The van der Waals surface area contributed by atoms with Crippen molar-refractivity contribution in [3.05, 3.63) is 71.2 Å². The Kier molecular flexibility index (Phi) is 4.39. The predicted molar refractivity (Wildman–Crippen MR) is 84.5 cm³/mol. The Morgan fingerprint density at radius 1 is 1.17 bits per heavy atom. The molecule has 0 aliphatic heterocycles. The Morgan fingerprint density at radius 2 is 1.91 bits per heavy atom. The molecule has 0 saturated carbocycles. The van der Waals surface area contributed by atoms with Crippen LogP contribution in [0.4, 0.5) is 4.39 Å². The number of methoxy groups -OCH3 is 1. The van der Waals surface area contributed by atoms with E-state index in [2.05, 4.69) is 5.32 Å². The lowest BCUT2D eigenvalue weighted by Crippen LogP contribution is -2.24. The van der Waals surface area contributed by atoms with Crippen LogP contribution in [-0.4, -0.2) is 13.0 Å². The normalized spacial score (nSPS) is 10.9. The number of furan rings is 1. The summed E-state index contributed by atoms with van der Waals surface area (Å²) >= 11 is 0. The molecule has 1 amide bonds. The topological polar surface area (TPSA) is 51.5 Å². The molecule has 1 aromatic heterocycles. The van der Waals surface area contributed by atoms with Crippen LogP contribution in [0.25, 0.3) is 11.0 Å². The summed E-state index contributed by atoms with van der Waals surface area (Å²) in [5, 5.41) is 3.53. The number of nitrogens with one attached hydrogen (secondary N) is 1. The lowest BCUT2D eigenvalue weighted by molar-refractivity contribution is 0.0918. The van der Waals surface area contributed by atoms with Crippen molar-refractivity contribution in [2.24, 2.45) is 0 Å². The fraction of sp³-hybridized carbons (Fsp3) is 0.167. The van der Waals surface area contributed by atoms with E-state index in [1.807, 2.05) is 18.2 Å². The number of amides is 1. The summed E-state index contributed by atoms with van der Waals surface area (Å²) in [6.45, 7) is 0.356. The molecule has 0 aliphatic rings. The van der Waals surface area contributed by atoms with E-state index in [1.54, 1.807) is 31.4 Å². The quantitative estimate of drug-likeness (QED) is 0.782. The second kappa shape index (κ2) is 6.62. The summed E-state index contributed by atoms with van der Waals surface area (Å²) < 4.78 is 24.4. The van der Waals surface area contributed by atoms with E-state index >= 15 is 0 Å². The maximum absolute atomic E-state index is 13.6. The van der Waals surface area contributed by atoms with Crippen LogP contribution in [0.15, 0.2) is 52.9 Å². The fourth-order valence-electron chi connectivity index (χ4n) is 2.47. The van der Waals surface area contributed by atoms with Gasteiger partial charge >= 0.3 is 0 Å². The van der Waals surface area contributed by atoms with Crippen LogP contribution < -0.4 is 5.32 Å². The van der Waals surface area contributed by atoms with Gasteiger partial charge in [0.1, 0.15) is 11.4 Å². The van der Waals surface area contributed by atoms with Gasteiger partial charge in [-0.05, 0) is 12.1 Å². The zero-order valence-electron chi connectivity index (χ0n) is 12.6. The Hall–Kier alpha value is -2.66. The van der Waals surface area contributed by atoms with Gasteiger partial charge in [0.05, 0.1) is 6.61 Å². The molecule has 0 bridgehead atoms. The molecule has 3 rings (SSSR count). The highest BCUT2D eigenvalue weighted by atomic mass is 19.1. The third kappa shape index (κ3) is 3.10. The van der Waals surface area contributed by atoms with Crippen molar-refractivity contribution >= 4 is 16.9 Å². The van der Waals surface area contributed by atoms with Crippen molar-refractivity contribution in [2.45, 2.75) is 13.2 Å². The van der Waals surface area contributed by atoms with Gasteiger partial charge in [0.25, 0.3) is 5.91 Å². The number of carbonyl (C=O) groups is 1. The number of ether oxygens (including phenoxy) is 1. The highest BCUT2D eigenvalue weighted by Gasteiger charge is 2.20. The van der Waals surface area contributed by atoms with Gasteiger partial charge in [-0.2, -0.15) is 0 Å². The standard InChI is InChI=1S/C18H16FNO3/c1-22-11-14-13-7-3-5-9-16(13)23-17(14)18(21)20-10-12-6-2-4-8-15(12)19/h2-9H,10-11H2,1H3,(H,20,21). The van der Waals surface area contributed by atoms with Crippen LogP contribution >= 0.6 is 0 Å². The molecule has 0 atom stereocenters. The molecule has 0 unspecified atom stereocenters. The van der Waals surface area contributed by atoms with E-state index in [0.717, 1.165) is 5.39 Å². The van der Waals surface area contributed by atoms with Crippen LogP contribution in [0, 0.1) is 5.82 Å². The largest absolute Gasteiger partial charge is 0.451 e. The first-order valence-electron chi connectivity index (χ1n) is 7.21. The summed E-state index contributed by atoms with van der Waals surface area (Å²) in [6, 6.07) is 13.7. The summed E-state index contributed by atoms with van der Waals surface area (Å²) in [6.07, 6.45) is 0. The van der Waals surface area contributed by atoms with Gasteiger partial charge in [0.2, 0.25) is 0 Å². The molecule has 1 heterocycles. The number of benzene rings is 2. The molecule has 3 aromatic rings. The lowest BCUT2D eigenvalue weighted by Gasteiger charge is -2.06. The zero-order chi connectivity index (χ0) is 16.2. The number of para-hydroxylation sites is 1. The van der Waals surface area contributed by atoms with Crippen molar-refractivity contribution in [3.8, 4) is 0 Å². The lowest BCUT2D eigenvalue weighted by atomic mass is 10.1. The third-order valence-corrected chi connectivity index (χ3v) is 3.59. The monoisotopic (exact) mass is 313 g/mol. The average Bonchev–Trinajstić information content (AvgIpc) is 2.93. The molecule has 0 spiro atoms. The van der Waals surface area contributed by atoms with Gasteiger partial charge in [-0.15, -0.1) is 0 Å². The summed E-state index contributed by atoms with van der Waals surface area (Å²) in [5.41, 5.74) is 1.73. The molecule has 118 valence electrons. The highest BCUT2D eigenvalue weighted by molar-refractivity contribution is 5.99. The van der Waals surface area contributed by atoms with E-state index in [-0.39, 0.29) is 24.7 Å². The Balaban J connectivity index is 1.86. The summed E-state index contributed by atoms with van der Waals surface area (Å²) in [7, 11) is 1.56. The SMILES string of the molecule is COCc1c(C(=O)NCc2ccccc2F)oc2ccccc12. The molecular formula is C18H16FNO3. The van der Waals surface area contributed by atoms with E-state index in [4.69, 9.17) is 9.15 Å². The minimum Gasteiger partial charge on any atom is -0.451 e. The number of carbonyl (C=O) groups excluding carboxylic acids is 1. The van der Waals surface area contributed by atoms with E-state index in [0.29, 0.717) is 16.7 Å². The van der Waals surface area contributed by atoms with Crippen LogP contribution in [-0.2, 0) is 17.9 Å². The van der Waals surface area contributed by atoms with Crippen LogP contribution in [0.5, 0.6) is 0 Å². The molecule has 2 aromatic carbocycles. The molecular weight excluding hydrogens is 297 g/mol. The van der Waals surface area contributed by atoms with Crippen molar-refractivity contribution in [1.82, 2.24) is 5.32 Å². The van der Waals surface area contributed by atoms with Gasteiger partial charge in [0.15, 0.2) is 5.76 Å². The van der Waals surface area contributed by atoms with E-state index in [9.17, 15) is 9.18 Å². The molecule has 0 radical (unpaired) electrons. The van der Waals surface area contributed by atoms with Gasteiger partial charge in [-0.25, -0.2) is 4.39 Å². The van der Waals surface area contributed by atoms with Crippen molar-refractivity contribution in [1.29, 1.82) is 0 Å². The van der Waals surface area contributed by atoms with Gasteiger partial charge < -0.3 is 14.5 Å². The van der Waals surface area contributed by atoms with E-state index < -0.39 is 5.91 Å². The first-order valence-corrected chi connectivity index (χ1v) is 7.21. The molecule has 0 fully saturated rings. The van der Waals surface area contributed by atoms with Crippen molar-refractivity contribution < 1.29 is 18.3 Å². The molecule has 4 nitrogen and oxygen atoms in total. The third-order valence-electron chi connectivity index (χ3n) is 3.59. The first-order chi connectivity index (χ1) is 11.2. The Bertz CT molecular complexity index is 841. The maximum Gasteiger partial charge on any atom is 0.287 e. The minimum absolute atomic E-state index is 0.0922. The molecule has 23 heavy (non-hydrogen) atoms. The van der Waals surface area contributed by atoms with Gasteiger partial charge in [-0.3, -0.25) is 4.79 Å². The predicted octanol–water partition coefficient (Wildman–Crippen LogP) is 3.65. The van der Waals surface area contributed by atoms with Crippen LogP contribution in [0.3, 0.4) is 0 Å². The second-order valence-corrected chi connectivity index (χ2v) is 5.11. The van der Waals surface area contributed by atoms with Gasteiger partial charge in [-0.1, -0.05) is 36.4 Å². The summed E-state index contributed by atoms with van der Waals surface area (Å²) in [5.74, 6) is -0.546. The number of rotatable bonds is 5. The summed E-state index contributed by atoms with van der Waals surface area (Å²) in [4.78, 5) is 12.4. The Morgan fingerprint density at radius 3 is 2.70 bits per heavy atom. The second-order valence-electron chi connectivity index (χ2n) is 5.11. The van der Waals surface area contributed by atoms with Crippen molar-refractivity contribution in [2.75, 3.05) is 7.11 Å². The van der Waals surface area contributed by atoms with E-state index in [1.165, 1.54) is 6.07 Å². The zero-order valence-corrected chi connectivity index (χ0v) is 12.6.